The number of aliphatic carboxylic acids is 1. The first-order valence-electron chi connectivity index (χ1n) is 11.3. The summed E-state index contributed by atoms with van der Waals surface area (Å²) in [4.78, 5) is 45.5. The van der Waals surface area contributed by atoms with E-state index < -0.39 is 17.8 Å². The van der Waals surface area contributed by atoms with E-state index in [4.69, 9.17) is 0 Å². The summed E-state index contributed by atoms with van der Waals surface area (Å²) < 4.78 is 13.5. The van der Waals surface area contributed by atoms with Gasteiger partial charge in [0.05, 0.1) is 23.5 Å². The van der Waals surface area contributed by atoms with Crippen LogP contribution in [0, 0.1) is 12.7 Å². The van der Waals surface area contributed by atoms with Gasteiger partial charge in [0.1, 0.15) is 18.1 Å². The average Bonchev–Trinajstić information content (AvgIpc) is 3.27. The molecule has 2 N–H and O–H groups in total. The number of hydrogen-bond donors (Lipinski definition) is 2. The maximum atomic E-state index is 13.5. The van der Waals surface area contributed by atoms with E-state index in [1.54, 1.807) is 36.1 Å². The maximum Gasteiger partial charge on any atom is 1.00 e. The van der Waals surface area contributed by atoms with Crippen LogP contribution < -0.4 is 18.9 Å². The van der Waals surface area contributed by atoms with Crippen LogP contribution in [0.15, 0.2) is 48.8 Å². The number of carbonyl (C=O) groups excluding carboxylic acids is 1. The molecule has 0 bridgehead atoms. The van der Waals surface area contributed by atoms with Crippen molar-refractivity contribution < 1.29 is 47.8 Å². The Morgan fingerprint density at radius 3 is 2.59 bits per heavy atom. The molecular weight excluding hydrogens is 474 g/mol. The molecule has 0 fully saturated rings. The van der Waals surface area contributed by atoms with Crippen LogP contribution in [0.2, 0.25) is 0 Å². The largest absolute Gasteiger partial charge is 1.00 e. The molecule has 1 unspecified atom stereocenters. The number of amides is 1. The number of carbonyl (C=O) groups is 3. The van der Waals surface area contributed by atoms with E-state index in [0.29, 0.717) is 29.7 Å². The van der Waals surface area contributed by atoms with Crippen LogP contribution in [0.4, 0.5) is 4.39 Å². The van der Waals surface area contributed by atoms with Crippen LogP contribution in [0.5, 0.6) is 0 Å². The summed E-state index contributed by atoms with van der Waals surface area (Å²) in [7, 11) is 0. The molecule has 0 aliphatic heterocycles. The van der Waals surface area contributed by atoms with Crippen molar-refractivity contribution in [1.82, 2.24) is 14.9 Å². The number of aromatic nitrogens is 2. The molecular formula is C26H24FLiN4O5. The summed E-state index contributed by atoms with van der Waals surface area (Å²) in [5.74, 6) is -2.91. The molecule has 1 atom stereocenters. The number of aromatic carboxylic acids is 1. The Morgan fingerprint density at radius 1 is 1.11 bits per heavy atom. The van der Waals surface area contributed by atoms with E-state index in [2.05, 4.69) is 15.3 Å². The van der Waals surface area contributed by atoms with Crippen LogP contribution in [-0.4, -0.2) is 49.5 Å². The number of aryl methyl sites for hydroxylation is 2. The average molecular weight is 498 g/mol. The van der Waals surface area contributed by atoms with E-state index in [-0.39, 0.29) is 61.6 Å². The summed E-state index contributed by atoms with van der Waals surface area (Å²) in [5.41, 5.74) is 3.64. The number of benzene rings is 2. The van der Waals surface area contributed by atoms with E-state index in [0.717, 1.165) is 11.1 Å². The first-order valence-corrected chi connectivity index (χ1v) is 11.3. The van der Waals surface area contributed by atoms with Crippen molar-refractivity contribution in [1.29, 1.82) is 0 Å². The quantitative estimate of drug-likeness (QED) is 0.416. The van der Waals surface area contributed by atoms with Gasteiger partial charge in [-0.2, -0.15) is 0 Å². The molecule has 1 aliphatic carbocycles. The fraction of sp³-hybridized carbons (Fsp3) is 0.269. The SMILES string of the molecule is Cc1cc(C[N-]C(=O)c2cc(CN(CC(=O)O)C3CCc4cc(C(=O)O)ccc43)ncn2)ccc1F.[Li+]. The van der Waals surface area contributed by atoms with Crippen LogP contribution in [-0.2, 0) is 24.3 Å². The Bertz CT molecular complexity index is 1340. The number of carboxylic acids is 2. The van der Waals surface area contributed by atoms with Gasteiger partial charge < -0.3 is 20.3 Å². The van der Waals surface area contributed by atoms with E-state index in [9.17, 15) is 29.0 Å². The van der Waals surface area contributed by atoms with Gasteiger partial charge in [0, 0.05) is 12.6 Å². The minimum atomic E-state index is -1.01. The smallest absolute Gasteiger partial charge is 0.644 e. The third-order valence-electron chi connectivity index (χ3n) is 6.15. The van der Waals surface area contributed by atoms with Crippen molar-refractivity contribution in [3.8, 4) is 0 Å². The van der Waals surface area contributed by atoms with Gasteiger partial charge in [-0.05, 0) is 60.7 Å². The van der Waals surface area contributed by atoms with Gasteiger partial charge in [-0.1, -0.05) is 23.8 Å². The number of halogens is 1. The van der Waals surface area contributed by atoms with Gasteiger partial charge in [-0.15, -0.1) is 6.54 Å². The van der Waals surface area contributed by atoms with Crippen molar-refractivity contribution in [3.63, 3.8) is 0 Å². The molecule has 4 rings (SSSR count). The summed E-state index contributed by atoms with van der Waals surface area (Å²) >= 11 is 0. The van der Waals surface area contributed by atoms with Crippen LogP contribution in [0.25, 0.3) is 5.32 Å². The summed E-state index contributed by atoms with van der Waals surface area (Å²) in [5, 5.41) is 22.8. The topological polar surface area (TPSA) is 135 Å². The summed E-state index contributed by atoms with van der Waals surface area (Å²) in [6, 6.07) is 10.6. The second-order valence-corrected chi connectivity index (χ2v) is 8.67. The van der Waals surface area contributed by atoms with E-state index >= 15 is 0 Å². The van der Waals surface area contributed by atoms with Gasteiger partial charge in [0.15, 0.2) is 0 Å². The molecule has 11 heteroatoms. The molecule has 186 valence electrons. The Balaban J connectivity index is 0.00000380. The number of rotatable bonds is 9. The molecule has 3 aromatic rings. The van der Waals surface area contributed by atoms with Gasteiger partial charge in [0.2, 0.25) is 0 Å². The second kappa shape index (κ2) is 12.1. The zero-order valence-corrected chi connectivity index (χ0v) is 20.5. The van der Waals surface area contributed by atoms with Crippen molar-refractivity contribution in [2.45, 2.75) is 38.9 Å². The fourth-order valence-corrected chi connectivity index (χ4v) is 4.42. The normalized spacial score (nSPS) is 14.1. The first-order chi connectivity index (χ1) is 17.2. The molecule has 37 heavy (non-hydrogen) atoms. The van der Waals surface area contributed by atoms with Crippen molar-refractivity contribution >= 4 is 17.8 Å². The summed E-state index contributed by atoms with van der Waals surface area (Å²) in [6.07, 6.45) is 2.50. The zero-order chi connectivity index (χ0) is 25.8. The minimum Gasteiger partial charge on any atom is -0.644 e. The van der Waals surface area contributed by atoms with Gasteiger partial charge in [0.25, 0.3) is 0 Å². The molecule has 9 nitrogen and oxygen atoms in total. The third-order valence-corrected chi connectivity index (χ3v) is 6.15. The maximum absolute atomic E-state index is 13.5. The Hall–Kier alpha value is -3.58. The van der Waals surface area contributed by atoms with E-state index in [1.807, 2.05) is 0 Å². The minimum absolute atomic E-state index is 0. The van der Waals surface area contributed by atoms with Crippen molar-refractivity contribution in [3.05, 3.63) is 99.1 Å². The standard InChI is InChI=1S/C26H25FN4O5.Li/c1-15-8-16(2-6-21(15)27)11-28-25(34)22-10-19(29-14-30-22)12-31(13-24(32)33)23-7-4-17-9-18(26(35)36)3-5-20(17)23;/h2-3,5-6,8-10,14,23H,4,7,11-13H2,1H3,(H3,28,32,33,34,35,36);/q;+1/p-1. The fourth-order valence-electron chi connectivity index (χ4n) is 4.42. The number of carboxylic acid groups (broad SMARTS) is 2. The molecule has 1 aliphatic rings. The van der Waals surface area contributed by atoms with E-state index in [1.165, 1.54) is 24.5 Å². The molecule has 0 saturated heterocycles. The Kier molecular flexibility index (Phi) is 9.16. The van der Waals surface area contributed by atoms with Crippen LogP contribution in [0.1, 0.15) is 61.3 Å². The molecule has 0 radical (unpaired) electrons. The second-order valence-electron chi connectivity index (χ2n) is 8.67. The monoisotopic (exact) mass is 498 g/mol. The summed E-state index contributed by atoms with van der Waals surface area (Å²) in [6.45, 7) is 1.60. The van der Waals surface area contributed by atoms with Crippen LogP contribution in [0.3, 0.4) is 0 Å². The third kappa shape index (κ3) is 6.80. The molecule has 1 aromatic heterocycles. The Labute approximate surface area is 224 Å². The Morgan fingerprint density at radius 2 is 1.89 bits per heavy atom. The molecule has 0 saturated carbocycles. The number of hydrogen-bond acceptors (Lipinski definition) is 6. The predicted molar refractivity (Wildman–Crippen MR) is 127 cm³/mol. The van der Waals surface area contributed by atoms with Gasteiger partial charge in [-0.25, -0.2) is 19.2 Å². The predicted octanol–water partition coefficient (Wildman–Crippen LogP) is 0.915. The molecule has 2 aromatic carbocycles. The van der Waals surface area contributed by atoms with Gasteiger partial charge in [-0.3, -0.25) is 9.69 Å². The molecule has 1 heterocycles. The molecule has 1 amide bonds. The van der Waals surface area contributed by atoms with Crippen molar-refractivity contribution in [2.24, 2.45) is 0 Å². The van der Waals surface area contributed by atoms with Crippen molar-refractivity contribution in [2.75, 3.05) is 6.54 Å². The van der Waals surface area contributed by atoms with Gasteiger partial charge >= 0.3 is 30.8 Å². The zero-order valence-electron chi connectivity index (χ0n) is 20.5. The molecule has 0 spiro atoms. The first kappa shape index (κ1) is 28.0. The number of nitrogens with zero attached hydrogens (tertiary/aromatic N) is 4. The number of fused-ring (bicyclic) bond motifs is 1. The van der Waals surface area contributed by atoms with Crippen LogP contribution >= 0.6 is 0 Å².